The number of aromatic nitrogens is 6. The number of halogens is 2. The van der Waals surface area contributed by atoms with Gasteiger partial charge in [-0.05, 0) is 31.3 Å². The minimum Gasteiger partial charge on any atom is -0.361 e. The normalized spacial score (nSPS) is 18.2. The van der Waals surface area contributed by atoms with Crippen LogP contribution in [0.15, 0.2) is 42.1 Å². The molecule has 2 atom stereocenters. The summed E-state index contributed by atoms with van der Waals surface area (Å²) >= 11 is 1.12. The summed E-state index contributed by atoms with van der Waals surface area (Å²) < 4.78 is 39.3. The molecule has 0 saturated carbocycles. The van der Waals surface area contributed by atoms with Crippen molar-refractivity contribution >= 4 is 30.9 Å². The van der Waals surface area contributed by atoms with Crippen LogP contribution in [0.2, 0.25) is 25.7 Å². The van der Waals surface area contributed by atoms with E-state index < -0.39 is 31.2 Å². The molecular weight excluding hydrogens is 563 g/mol. The number of hydrogen-bond acceptors (Lipinski definition) is 8. The van der Waals surface area contributed by atoms with Crippen LogP contribution >= 0.6 is 11.8 Å². The molecule has 1 aliphatic rings. The number of fused-ring (bicyclic) bond motifs is 1. The Morgan fingerprint density at radius 3 is 2.80 bits per heavy atom. The maximum atomic E-state index is 15.3. The van der Waals surface area contributed by atoms with Crippen molar-refractivity contribution in [1.82, 2.24) is 34.6 Å². The summed E-state index contributed by atoms with van der Waals surface area (Å²) in [6, 6.07) is 5.65. The van der Waals surface area contributed by atoms with Crippen molar-refractivity contribution in [3.63, 3.8) is 0 Å². The lowest BCUT2D eigenvalue weighted by Gasteiger charge is -2.36. The molecule has 0 aliphatic carbocycles. The number of rotatable bonds is 11. The maximum absolute atomic E-state index is 15.3. The Hall–Kier alpha value is -3.18. The van der Waals surface area contributed by atoms with Crippen molar-refractivity contribution in [3.8, 4) is 17.3 Å². The topological polar surface area (TPSA) is 106 Å². The van der Waals surface area contributed by atoms with Crippen LogP contribution in [0, 0.1) is 23.0 Å². The van der Waals surface area contributed by atoms with Crippen LogP contribution in [0.4, 0.5) is 8.78 Å². The summed E-state index contributed by atoms with van der Waals surface area (Å²) in [7, 11) is -1.18. The van der Waals surface area contributed by atoms with E-state index in [9.17, 15) is 9.65 Å². The van der Waals surface area contributed by atoms with Crippen LogP contribution in [0.25, 0.3) is 22.3 Å². The van der Waals surface area contributed by atoms with E-state index in [1.165, 1.54) is 6.33 Å². The zero-order chi connectivity index (χ0) is 29.2. The molecule has 9 nitrogen and oxygen atoms in total. The molecule has 1 aliphatic heterocycles. The van der Waals surface area contributed by atoms with Gasteiger partial charge in [-0.15, -0.1) is 11.8 Å². The molecule has 1 saturated heterocycles. The molecular formula is C28H34F2N8OSSi. The van der Waals surface area contributed by atoms with E-state index in [2.05, 4.69) is 51.1 Å². The smallest absolute Gasteiger partial charge is 0.158 e. The van der Waals surface area contributed by atoms with Gasteiger partial charge >= 0.3 is 0 Å². The quantitative estimate of drug-likeness (QED) is 0.140. The number of pyridine rings is 1. The summed E-state index contributed by atoms with van der Waals surface area (Å²) in [6.07, 6.45) is 9.29. The Morgan fingerprint density at radius 1 is 1.27 bits per heavy atom. The first-order valence-corrected chi connectivity index (χ1v) is 18.5. The molecule has 5 rings (SSSR count). The van der Waals surface area contributed by atoms with Crippen molar-refractivity contribution in [3.05, 3.63) is 54.4 Å². The fourth-order valence-electron chi connectivity index (χ4n) is 5.44. The molecule has 0 bridgehead atoms. The summed E-state index contributed by atoms with van der Waals surface area (Å²) in [5.41, 5.74) is 1.46. The van der Waals surface area contributed by atoms with Crippen LogP contribution in [0.3, 0.4) is 0 Å². The second-order valence-corrected chi connectivity index (χ2v) is 18.0. The summed E-state index contributed by atoms with van der Waals surface area (Å²) in [4.78, 5) is 13.5. The fraction of sp³-hybridized carbons (Fsp3) is 0.464. The van der Waals surface area contributed by atoms with E-state index >= 15 is 4.39 Å². The molecule has 0 unspecified atom stereocenters. The van der Waals surface area contributed by atoms with E-state index in [4.69, 9.17) is 4.74 Å². The number of thioether (sulfide) groups is 1. The van der Waals surface area contributed by atoms with Gasteiger partial charge in [0.15, 0.2) is 5.82 Å². The third kappa shape index (κ3) is 5.92. The van der Waals surface area contributed by atoms with Crippen molar-refractivity contribution in [2.45, 2.75) is 61.7 Å². The Bertz CT molecular complexity index is 1570. The predicted octanol–water partition coefficient (Wildman–Crippen LogP) is 5.39. The van der Waals surface area contributed by atoms with Crippen molar-refractivity contribution in [2.75, 3.05) is 26.0 Å². The van der Waals surface area contributed by atoms with Crippen LogP contribution in [-0.2, 0) is 16.9 Å². The second-order valence-electron chi connectivity index (χ2n) is 11.6. The van der Waals surface area contributed by atoms with Crippen molar-refractivity contribution < 1.29 is 13.5 Å². The van der Waals surface area contributed by atoms with Gasteiger partial charge in [-0.25, -0.2) is 23.7 Å². The second kappa shape index (κ2) is 12.0. The highest BCUT2D eigenvalue weighted by Crippen LogP contribution is 2.44. The molecule has 4 aromatic rings. The first kappa shape index (κ1) is 29.3. The van der Waals surface area contributed by atoms with Gasteiger partial charge < -0.3 is 14.6 Å². The van der Waals surface area contributed by atoms with E-state index in [1.54, 1.807) is 17.1 Å². The molecule has 4 aromatic heterocycles. The van der Waals surface area contributed by atoms with Gasteiger partial charge in [0.25, 0.3) is 0 Å². The molecule has 216 valence electrons. The Morgan fingerprint density at radius 2 is 2.10 bits per heavy atom. The Labute approximate surface area is 243 Å². The number of ether oxygens (including phenoxy) is 1. The number of nitriles is 1. The third-order valence-corrected chi connectivity index (χ3v) is 10.0. The monoisotopic (exact) mass is 596 g/mol. The van der Waals surface area contributed by atoms with E-state index in [0.29, 0.717) is 38.5 Å². The molecule has 13 heteroatoms. The highest BCUT2D eigenvalue weighted by atomic mass is 32.2. The largest absolute Gasteiger partial charge is 0.361 e. The minimum atomic E-state index is -1.18. The van der Waals surface area contributed by atoms with Gasteiger partial charge in [0.2, 0.25) is 0 Å². The van der Waals surface area contributed by atoms with E-state index in [-0.39, 0.29) is 17.1 Å². The molecule has 0 spiro atoms. The van der Waals surface area contributed by atoms with Gasteiger partial charge in [0.1, 0.15) is 29.5 Å². The molecule has 41 heavy (non-hydrogen) atoms. The minimum absolute atomic E-state index is 0.0697. The van der Waals surface area contributed by atoms with Gasteiger partial charge in [-0.1, -0.05) is 19.6 Å². The SMILES string of the molecule is CSc1nc([C@@]2([C@H](CC#N)n3cc(-c4ncnc5c4ccn5COCC[Si](C)(C)C)cn3)CCNC2)c(F)cc1F. The first-order valence-electron chi connectivity index (χ1n) is 13.6. The standard InChI is InChI=1S/C28H34F2N8OSSi/c1-40-27-22(30)13-21(29)25(36-27)28(7-9-32-16-28)23(5-8-31)38-15-19(14-35-38)24-20-6-10-37(26(20)34-17-33-24)18-39-11-12-41(2,3)4/h6,10,13-15,17,23,32H,5,7,9,11-12,16,18H2,1-4H3/t23-,28-/m0/s1. The predicted molar refractivity (Wildman–Crippen MR) is 157 cm³/mol. The van der Waals surface area contributed by atoms with Gasteiger partial charge in [0.05, 0.1) is 41.5 Å². The Balaban J connectivity index is 1.48. The van der Waals surface area contributed by atoms with Crippen molar-refractivity contribution in [2.24, 2.45) is 0 Å². The number of nitrogens with zero attached hydrogens (tertiary/aromatic N) is 7. The molecule has 1 N–H and O–H groups in total. The maximum Gasteiger partial charge on any atom is 0.158 e. The van der Waals surface area contributed by atoms with E-state index in [1.807, 2.05) is 23.0 Å². The third-order valence-electron chi connectivity index (χ3n) is 7.65. The molecule has 0 amide bonds. The van der Waals surface area contributed by atoms with Crippen LogP contribution in [-0.4, -0.2) is 63.3 Å². The molecule has 5 heterocycles. The lowest BCUT2D eigenvalue weighted by molar-refractivity contribution is 0.0899. The first-order chi connectivity index (χ1) is 19.7. The Kier molecular flexibility index (Phi) is 8.56. The van der Waals surface area contributed by atoms with Gasteiger partial charge in [-0.2, -0.15) is 10.4 Å². The van der Waals surface area contributed by atoms with Gasteiger partial charge in [-0.3, -0.25) is 4.68 Å². The zero-order valence-electron chi connectivity index (χ0n) is 23.7. The average Bonchev–Trinajstić information content (AvgIpc) is 3.70. The number of nitrogens with one attached hydrogen (secondary N) is 1. The average molecular weight is 597 g/mol. The number of hydrogen-bond donors (Lipinski definition) is 1. The van der Waals surface area contributed by atoms with Crippen LogP contribution < -0.4 is 5.32 Å². The highest BCUT2D eigenvalue weighted by Gasteiger charge is 2.47. The van der Waals surface area contributed by atoms with Crippen molar-refractivity contribution in [1.29, 1.82) is 5.26 Å². The van der Waals surface area contributed by atoms with Crippen LogP contribution in [0.1, 0.15) is 24.6 Å². The molecule has 0 aromatic carbocycles. The fourth-order valence-corrected chi connectivity index (χ4v) is 6.63. The lowest BCUT2D eigenvalue weighted by Crippen LogP contribution is -2.41. The summed E-state index contributed by atoms with van der Waals surface area (Å²) in [6.45, 7) is 9.07. The highest BCUT2D eigenvalue weighted by molar-refractivity contribution is 7.98. The van der Waals surface area contributed by atoms with E-state index in [0.717, 1.165) is 40.5 Å². The van der Waals surface area contributed by atoms with Gasteiger partial charge in [0, 0.05) is 50.6 Å². The summed E-state index contributed by atoms with van der Waals surface area (Å²) in [5.74, 6) is -1.41. The molecule has 0 radical (unpaired) electrons. The molecule has 1 fully saturated rings. The summed E-state index contributed by atoms with van der Waals surface area (Å²) in [5, 5.41) is 18.7. The van der Waals surface area contributed by atoms with Crippen LogP contribution in [0.5, 0.6) is 0 Å². The zero-order valence-corrected chi connectivity index (χ0v) is 25.5. The lowest BCUT2D eigenvalue weighted by atomic mass is 9.74.